The molecule has 61 heavy (non-hydrogen) atoms. The second kappa shape index (κ2) is 13.2. The van der Waals surface area contributed by atoms with Crippen LogP contribution in [0, 0.1) is 0 Å². The van der Waals surface area contributed by atoms with Crippen molar-refractivity contribution >= 4 is 86.7 Å². The molecule has 0 N–H and O–H groups in total. The number of fused-ring (bicyclic) bond motifs is 12. The number of aromatic nitrogens is 3. The van der Waals surface area contributed by atoms with Crippen molar-refractivity contribution < 1.29 is 0 Å². The summed E-state index contributed by atoms with van der Waals surface area (Å²) in [5, 5.41) is 14.5. The summed E-state index contributed by atoms with van der Waals surface area (Å²) < 4.78 is 2.43. The number of hydrogen-bond donors (Lipinski definition) is 0. The third kappa shape index (κ3) is 4.98. The second-order valence-corrected chi connectivity index (χ2v) is 16.0. The number of hydrogen-bond acceptors (Lipinski definition) is 2. The van der Waals surface area contributed by atoms with Gasteiger partial charge in [0.15, 0.2) is 0 Å². The smallest absolute Gasteiger partial charge is 0.0971 e. The highest BCUT2D eigenvalue weighted by Crippen LogP contribution is 2.44. The Hall–Kier alpha value is -8.14. The number of nitrogens with zero attached hydrogens (tertiary/aromatic N) is 3. The van der Waals surface area contributed by atoms with Crippen LogP contribution < -0.4 is 0 Å². The maximum Gasteiger partial charge on any atom is 0.0971 e. The van der Waals surface area contributed by atoms with Crippen molar-refractivity contribution in [1.29, 1.82) is 0 Å². The third-order valence-corrected chi connectivity index (χ3v) is 12.9. The van der Waals surface area contributed by atoms with E-state index in [4.69, 9.17) is 9.97 Å². The Kier molecular flexibility index (Phi) is 7.31. The molecule has 13 aromatic rings. The Morgan fingerprint density at radius 2 is 0.639 bits per heavy atom. The highest BCUT2D eigenvalue weighted by molar-refractivity contribution is 6.24. The van der Waals surface area contributed by atoms with Crippen LogP contribution in [0.2, 0.25) is 0 Å². The van der Waals surface area contributed by atoms with Gasteiger partial charge in [-0.25, -0.2) is 0 Å². The van der Waals surface area contributed by atoms with Crippen LogP contribution in [-0.4, -0.2) is 14.5 Å². The van der Waals surface area contributed by atoms with Gasteiger partial charge >= 0.3 is 0 Å². The lowest BCUT2D eigenvalue weighted by Gasteiger charge is -2.18. The quantitative estimate of drug-likeness (QED) is 0.167. The van der Waals surface area contributed by atoms with Crippen molar-refractivity contribution in [1.82, 2.24) is 14.5 Å². The predicted molar refractivity (Wildman–Crippen MR) is 258 cm³/mol. The van der Waals surface area contributed by atoms with Crippen molar-refractivity contribution in [2.45, 2.75) is 0 Å². The monoisotopic (exact) mass is 773 g/mol. The minimum atomic E-state index is 0.936. The molecule has 0 bridgehead atoms. The highest BCUT2D eigenvalue weighted by Gasteiger charge is 2.19. The van der Waals surface area contributed by atoms with Crippen LogP contribution in [0.1, 0.15) is 0 Å². The van der Waals surface area contributed by atoms with Gasteiger partial charge in [0.1, 0.15) is 0 Å². The molecule has 0 aliphatic rings. The molecule has 11 aromatic carbocycles. The van der Waals surface area contributed by atoms with Crippen LogP contribution in [0.5, 0.6) is 0 Å². The first-order valence-electron chi connectivity index (χ1n) is 20.9. The van der Waals surface area contributed by atoms with E-state index in [9.17, 15) is 0 Å². The first-order chi connectivity index (χ1) is 30.3. The second-order valence-electron chi connectivity index (χ2n) is 16.0. The molecule has 0 aliphatic carbocycles. The fraction of sp³-hybridized carbons (Fsp3) is 0. The predicted octanol–water partition coefficient (Wildman–Crippen LogP) is 15.5. The van der Waals surface area contributed by atoms with Crippen molar-refractivity contribution in [3.05, 3.63) is 213 Å². The third-order valence-electron chi connectivity index (χ3n) is 12.9. The molecule has 0 spiro atoms. The van der Waals surface area contributed by atoms with Gasteiger partial charge in [-0.1, -0.05) is 176 Å². The van der Waals surface area contributed by atoms with E-state index in [1.807, 2.05) is 0 Å². The molecule has 0 amide bonds. The summed E-state index contributed by atoms with van der Waals surface area (Å²) in [6, 6.07) is 73.5. The Labute approximate surface area is 351 Å². The van der Waals surface area contributed by atoms with Crippen LogP contribution in [0.25, 0.3) is 126 Å². The number of rotatable bonds is 4. The minimum Gasteiger partial charge on any atom is -0.309 e. The zero-order valence-corrected chi connectivity index (χ0v) is 33.0. The molecule has 0 fully saturated rings. The molecule has 0 aliphatic heterocycles. The molecule has 2 heterocycles. The normalized spacial score (nSPS) is 11.9. The van der Waals surface area contributed by atoms with Gasteiger partial charge in [0.05, 0.1) is 27.8 Å². The minimum absolute atomic E-state index is 0.936. The standard InChI is InChI=1S/C58H35N3/c1-2-14-39-38(13-1)37(36-25-26-52-53(35-36)43-18-6-8-22-51(43)57-58(52)60-34-33-59-57)27-28-44(39)45-29-30-46(41-16-4-3-15-40(41)45)47-31-32-56(48-19-7-5-17-42(47)48)61-54-23-11-9-20-49(54)50-21-10-12-24-55(50)61/h1-35H. The fourth-order valence-corrected chi connectivity index (χ4v) is 10.2. The van der Waals surface area contributed by atoms with Gasteiger partial charge in [0.2, 0.25) is 0 Å². The summed E-state index contributed by atoms with van der Waals surface area (Å²) in [4.78, 5) is 9.54. The molecule has 282 valence electrons. The first-order valence-corrected chi connectivity index (χ1v) is 20.9. The van der Waals surface area contributed by atoms with Crippen LogP contribution >= 0.6 is 0 Å². The van der Waals surface area contributed by atoms with E-state index in [1.54, 1.807) is 12.4 Å². The maximum absolute atomic E-state index is 4.79. The molecular formula is C58H35N3. The van der Waals surface area contributed by atoms with Crippen LogP contribution in [0.15, 0.2) is 213 Å². The van der Waals surface area contributed by atoms with Gasteiger partial charge < -0.3 is 4.57 Å². The summed E-state index contributed by atoms with van der Waals surface area (Å²) in [6.45, 7) is 0. The molecule has 2 aromatic heterocycles. The van der Waals surface area contributed by atoms with E-state index in [2.05, 4.69) is 205 Å². The van der Waals surface area contributed by atoms with E-state index in [0.717, 1.165) is 21.8 Å². The Morgan fingerprint density at radius 1 is 0.262 bits per heavy atom. The average Bonchev–Trinajstić information content (AvgIpc) is 3.67. The zero-order valence-electron chi connectivity index (χ0n) is 33.0. The van der Waals surface area contributed by atoms with Gasteiger partial charge in [0.25, 0.3) is 0 Å². The summed E-state index contributed by atoms with van der Waals surface area (Å²) in [7, 11) is 0. The van der Waals surface area contributed by atoms with E-state index >= 15 is 0 Å². The van der Waals surface area contributed by atoms with E-state index in [-0.39, 0.29) is 0 Å². The number of para-hydroxylation sites is 2. The first kappa shape index (κ1) is 33.8. The molecule has 13 rings (SSSR count). The molecule has 0 atom stereocenters. The van der Waals surface area contributed by atoms with Gasteiger partial charge in [-0.15, -0.1) is 0 Å². The topological polar surface area (TPSA) is 30.7 Å². The van der Waals surface area contributed by atoms with Crippen molar-refractivity contribution in [2.75, 3.05) is 0 Å². The average molecular weight is 774 g/mol. The van der Waals surface area contributed by atoms with Crippen LogP contribution in [0.3, 0.4) is 0 Å². The van der Waals surface area contributed by atoms with Crippen molar-refractivity contribution in [3.63, 3.8) is 0 Å². The lowest BCUT2D eigenvalue weighted by atomic mass is 9.86. The van der Waals surface area contributed by atoms with Gasteiger partial charge in [-0.05, 0) is 95.3 Å². The van der Waals surface area contributed by atoms with Crippen molar-refractivity contribution in [2.24, 2.45) is 0 Å². The van der Waals surface area contributed by atoms with Crippen molar-refractivity contribution in [3.8, 4) is 39.1 Å². The maximum atomic E-state index is 4.79. The molecule has 0 saturated carbocycles. The lowest BCUT2D eigenvalue weighted by molar-refractivity contribution is 1.20. The molecule has 3 nitrogen and oxygen atoms in total. The van der Waals surface area contributed by atoms with Gasteiger partial charge in [0, 0.05) is 39.3 Å². The largest absolute Gasteiger partial charge is 0.309 e. The Bertz CT molecular complexity index is 3860. The summed E-state index contributed by atoms with van der Waals surface area (Å²) in [5.74, 6) is 0. The van der Waals surface area contributed by atoms with E-state index < -0.39 is 0 Å². The summed E-state index contributed by atoms with van der Waals surface area (Å²) in [5.41, 5.74) is 12.8. The van der Waals surface area contributed by atoms with Crippen LogP contribution in [0.4, 0.5) is 0 Å². The number of benzene rings is 11. The van der Waals surface area contributed by atoms with E-state index in [0.29, 0.717) is 0 Å². The molecule has 0 saturated heterocycles. The zero-order chi connectivity index (χ0) is 40.0. The van der Waals surface area contributed by atoms with Gasteiger partial charge in [-0.3, -0.25) is 9.97 Å². The Balaban J connectivity index is 0.977. The van der Waals surface area contributed by atoms with Crippen LogP contribution in [-0.2, 0) is 0 Å². The molecule has 0 radical (unpaired) electrons. The highest BCUT2D eigenvalue weighted by atomic mass is 15.0. The molecular weight excluding hydrogens is 739 g/mol. The SMILES string of the molecule is c1ccc2c(-c3ccc(-c4ccc(-n5c6ccccc6c6ccccc65)c5ccccc45)c4ccccc34)ccc(-c3ccc4c(c3)c3ccccc3c3nccnc43)c2c1. The van der Waals surface area contributed by atoms with Gasteiger partial charge in [-0.2, -0.15) is 0 Å². The summed E-state index contributed by atoms with van der Waals surface area (Å²) >= 11 is 0. The molecule has 0 unspecified atom stereocenters. The van der Waals surface area contributed by atoms with E-state index in [1.165, 1.54) is 104 Å². The fourth-order valence-electron chi connectivity index (χ4n) is 10.2. The molecule has 3 heteroatoms. The lowest BCUT2D eigenvalue weighted by Crippen LogP contribution is -1.96. The summed E-state index contributed by atoms with van der Waals surface area (Å²) in [6.07, 6.45) is 3.57. The Morgan fingerprint density at radius 3 is 1.18 bits per heavy atom.